The summed E-state index contributed by atoms with van der Waals surface area (Å²) in [6.07, 6.45) is 0.163. The van der Waals surface area contributed by atoms with Gasteiger partial charge in [0.25, 0.3) is 0 Å². The molecule has 0 radical (unpaired) electrons. The SMILES string of the molecule is COc1cccc(Oc2ccc3c(c2)C[C@H](NC(=O)OC(C)(C)C)[C@H](S)N3)c1. The van der Waals surface area contributed by atoms with E-state index in [4.69, 9.17) is 14.2 Å². The predicted molar refractivity (Wildman–Crippen MR) is 113 cm³/mol. The van der Waals surface area contributed by atoms with Crippen LogP contribution in [-0.2, 0) is 11.2 Å². The monoisotopic (exact) mass is 402 g/mol. The normalized spacial score (nSPS) is 18.5. The van der Waals surface area contributed by atoms with E-state index < -0.39 is 11.7 Å². The van der Waals surface area contributed by atoms with E-state index in [9.17, 15) is 4.79 Å². The molecule has 2 N–H and O–H groups in total. The highest BCUT2D eigenvalue weighted by Crippen LogP contribution is 2.32. The van der Waals surface area contributed by atoms with Gasteiger partial charge in [0, 0.05) is 11.8 Å². The molecule has 1 heterocycles. The van der Waals surface area contributed by atoms with Gasteiger partial charge in [-0.1, -0.05) is 6.07 Å². The molecular formula is C21H26N2O4S. The number of fused-ring (bicyclic) bond motifs is 1. The van der Waals surface area contributed by atoms with Gasteiger partial charge < -0.3 is 24.8 Å². The van der Waals surface area contributed by atoms with Gasteiger partial charge in [-0.2, -0.15) is 12.6 Å². The molecule has 7 heteroatoms. The fraction of sp³-hybridized carbons (Fsp3) is 0.381. The maximum Gasteiger partial charge on any atom is 0.407 e. The van der Waals surface area contributed by atoms with Crippen molar-refractivity contribution in [2.24, 2.45) is 0 Å². The molecule has 0 aromatic heterocycles. The number of amides is 1. The van der Waals surface area contributed by atoms with Crippen molar-refractivity contribution in [3.8, 4) is 17.2 Å². The van der Waals surface area contributed by atoms with Crippen LogP contribution >= 0.6 is 12.6 Å². The van der Waals surface area contributed by atoms with Gasteiger partial charge in [0.05, 0.1) is 18.5 Å². The van der Waals surface area contributed by atoms with Crippen LogP contribution in [0.5, 0.6) is 17.2 Å². The first-order valence-corrected chi connectivity index (χ1v) is 9.64. The Hall–Kier alpha value is -2.54. The zero-order chi connectivity index (χ0) is 20.3. The van der Waals surface area contributed by atoms with Crippen LogP contribution in [0, 0.1) is 0 Å². The van der Waals surface area contributed by atoms with Crippen molar-refractivity contribution in [2.45, 2.75) is 44.2 Å². The van der Waals surface area contributed by atoms with Gasteiger partial charge in [0.15, 0.2) is 0 Å². The van der Waals surface area contributed by atoms with Crippen LogP contribution in [-0.4, -0.2) is 30.2 Å². The second kappa shape index (κ2) is 8.22. The first-order chi connectivity index (χ1) is 13.2. The van der Waals surface area contributed by atoms with Crippen LogP contribution in [0.4, 0.5) is 10.5 Å². The largest absolute Gasteiger partial charge is 0.497 e. The molecule has 3 rings (SSSR count). The summed E-state index contributed by atoms with van der Waals surface area (Å²) in [5, 5.41) is 5.98. The Kier molecular flexibility index (Phi) is 5.93. The Morgan fingerprint density at radius 2 is 1.86 bits per heavy atom. The number of nitrogens with one attached hydrogen (secondary N) is 2. The molecule has 1 aliphatic heterocycles. The fourth-order valence-electron chi connectivity index (χ4n) is 2.94. The number of rotatable bonds is 4. The Balaban J connectivity index is 1.72. The van der Waals surface area contributed by atoms with E-state index in [1.807, 2.05) is 63.2 Å². The molecule has 0 spiro atoms. The third-order valence-corrected chi connectivity index (χ3v) is 4.67. The predicted octanol–water partition coefficient (Wildman–Crippen LogP) is 4.60. The van der Waals surface area contributed by atoms with Gasteiger partial charge in [0.1, 0.15) is 22.8 Å². The number of anilines is 1. The Bertz CT molecular complexity index is 851. The van der Waals surface area contributed by atoms with Crippen LogP contribution in [0.1, 0.15) is 26.3 Å². The molecule has 0 saturated heterocycles. The molecule has 1 amide bonds. The van der Waals surface area contributed by atoms with E-state index in [0.29, 0.717) is 17.9 Å². The second-order valence-electron chi connectivity index (χ2n) is 7.65. The van der Waals surface area contributed by atoms with Gasteiger partial charge in [-0.05, 0) is 63.1 Å². The summed E-state index contributed by atoms with van der Waals surface area (Å²) in [4.78, 5) is 12.1. The molecule has 1 aliphatic rings. The number of benzene rings is 2. The van der Waals surface area contributed by atoms with Crippen LogP contribution in [0.15, 0.2) is 42.5 Å². The number of carbonyl (C=O) groups is 1. The minimum atomic E-state index is -0.548. The third kappa shape index (κ3) is 5.25. The minimum absolute atomic E-state index is 0.210. The lowest BCUT2D eigenvalue weighted by atomic mass is 9.99. The lowest BCUT2D eigenvalue weighted by Crippen LogP contribution is -2.49. The summed E-state index contributed by atoms with van der Waals surface area (Å²) >= 11 is 4.57. The van der Waals surface area contributed by atoms with Crippen LogP contribution < -0.4 is 20.1 Å². The first kappa shape index (κ1) is 20.2. The van der Waals surface area contributed by atoms with Gasteiger partial charge >= 0.3 is 6.09 Å². The van der Waals surface area contributed by atoms with Crippen molar-refractivity contribution < 1.29 is 19.0 Å². The molecule has 0 fully saturated rings. The summed E-state index contributed by atoms with van der Waals surface area (Å²) in [7, 11) is 1.62. The van der Waals surface area contributed by atoms with Crippen LogP contribution in [0.3, 0.4) is 0 Å². The van der Waals surface area contributed by atoms with E-state index in [2.05, 4.69) is 23.3 Å². The van der Waals surface area contributed by atoms with E-state index in [-0.39, 0.29) is 11.4 Å². The molecule has 0 saturated carbocycles. The van der Waals surface area contributed by atoms with E-state index in [1.165, 1.54) is 0 Å². The Morgan fingerprint density at radius 1 is 1.14 bits per heavy atom. The average Bonchev–Trinajstić information content (AvgIpc) is 2.61. The molecule has 0 bridgehead atoms. The first-order valence-electron chi connectivity index (χ1n) is 9.12. The quantitative estimate of drug-likeness (QED) is 0.652. The van der Waals surface area contributed by atoms with Crippen molar-refractivity contribution >= 4 is 24.4 Å². The summed E-state index contributed by atoms with van der Waals surface area (Å²) < 4.78 is 16.5. The zero-order valence-electron chi connectivity index (χ0n) is 16.5. The molecule has 6 nitrogen and oxygen atoms in total. The van der Waals surface area contributed by atoms with Crippen molar-refractivity contribution in [3.63, 3.8) is 0 Å². The topological polar surface area (TPSA) is 68.8 Å². The van der Waals surface area contributed by atoms with Gasteiger partial charge in [-0.3, -0.25) is 0 Å². The Morgan fingerprint density at radius 3 is 2.57 bits per heavy atom. The summed E-state index contributed by atoms with van der Waals surface area (Å²) in [6, 6.07) is 13.0. The minimum Gasteiger partial charge on any atom is -0.497 e. The van der Waals surface area contributed by atoms with E-state index >= 15 is 0 Å². The van der Waals surface area contributed by atoms with Gasteiger partial charge in [-0.25, -0.2) is 4.79 Å². The summed E-state index contributed by atoms with van der Waals surface area (Å²) in [5.74, 6) is 2.14. The molecule has 28 heavy (non-hydrogen) atoms. The molecular weight excluding hydrogens is 376 g/mol. The number of methoxy groups -OCH3 is 1. The standard InChI is InChI=1S/C21H26N2O4S/c1-21(2,3)27-20(24)23-18-11-13-10-16(8-9-17(13)22-19(18)28)26-15-7-5-6-14(12-15)25-4/h5-10,12,18-19,22,28H,11H2,1-4H3,(H,23,24)/t18-,19-/m0/s1. The van der Waals surface area contributed by atoms with Crippen LogP contribution in [0.2, 0.25) is 0 Å². The lowest BCUT2D eigenvalue weighted by molar-refractivity contribution is 0.0504. The molecule has 150 valence electrons. The fourth-order valence-corrected chi connectivity index (χ4v) is 3.26. The zero-order valence-corrected chi connectivity index (χ0v) is 17.4. The molecule has 2 atom stereocenters. The van der Waals surface area contributed by atoms with Crippen molar-refractivity contribution in [1.29, 1.82) is 0 Å². The Labute approximate surface area is 171 Å². The van der Waals surface area contributed by atoms with Crippen LogP contribution in [0.25, 0.3) is 0 Å². The molecule has 2 aromatic carbocycles. The summed E-state index contributed by atoms with van der Waals surface area (Å²) in [5.41, 5.74) is 1.46. The van der Waals surface area contributed by atoms with Crippen molar-refractivity contribution in [2.75, 3.05) is 12.4 Å². The van der Waals surface area contributed by atoms with Crippen molar-refractivity contribution in [3.05, 3.63) is 48.0 Å². The highest BCUT2D eigenvalue weighted by molar-refractivity contribution is 7.81. The van der Waals surface area contributed by atoms with Gasteiger partial charge in [0.2, 0.25) is 0 Å². The number of hydrogen-bond donors (Lipinski definition) is 3. The molecule has 0 unspecified atom stereocenters. The molecule has 2 aromatic rings. The number of hydrogen-bond acceptors (Lipinski definition) is 6. The molecule has 0 aliphatic carbocycles. The second-order valence-corrected chi connectivity index (χ2v) is 8.20. The maximum atomic E-state index is 12.1. The van der Waals surface area contributed by atoms with Gasteiger partial charge in [-0.15, -0.1) is 0 Å². The number of carbonyl (C=O) groups excluding carboxylic acids is 1. The van der Waals surface area contributed by atoms with Crippen molar-refractivity contribution in [1.82, 2.24) is 5.32 Å². The maximum absolute atomic E-state index is 12.1. The number of ether oxygens (including phenoxy) is 3. The summed E-state index contributed by atoms with van der Waals surface area (Å²) in [6.45, 7) is 5.50. The van der Waals surface area contributed by atoms with E-state index in [1.54, 1.807) is 7.11 Å². The van der Waals surface area contributed by atoms with E-state index in [0.717, 1.165) is 17.0 Å². The highest BCUT2D eigenvalue weighted by atomic mass is 32.1. The number of alkyl carbamates (subject to hydrolysis) is 1. The number of thiol groups is 1. The lowest BCUT2D eigenvalue weighted by Gasteiger charge is -2.33. The third-order valence-electron chi connectivity index (χ3n) is 4.18. The smallest absolute Gasteiger partial charge is 0.407 e. The highest BCUT2D eigenvalue weighted by Gasteiger charge is 2.29. The average molecular weight is 403 g/mol.